The second kappa shape index (κ2) is 7.22. The average molecular weight is 358 g/mol. The Labute approximate surface area is 154 Å². The number of ketones is 1. The molecule has 4 rings (SSSR count). The van der Waals surface area contributed by atoms with Crippen LogP contribution in [0.15, 0.2) is 36.5 Å². The van der Waals surface area contributed by atoms with Crippen LogP contribution in [0.2, 0.25) is 5.02 Å². The zero-order chi connectivity index (χ0) is 17.2. The van der Waals surface area contributed by atoms with Crippen molar-refractivity contribution in [2.24, 2.45) is 0 Å². The summed E-state index contributed by atoms with van der Waals surface area (Å²) in [5.74, 6) is 0.315. The minimum absolute atomic E-state index is 0.315. The lowest BCUT2D eigenvalue weighted by atomic mass is 9.97. The monoisotopic (exact) mass is 357 g/mol. The van der Waals surface area contributed by atoms with E-state index in [9.17, 15) is 4.79 Å². The molecule has 0 radical (unpaired) electrons. The molecule has 0 unspecified atom stereocenters. The van der Waals surface area contributed by atoms with Gasteiger partial charge in [-0.05, 0) is 37.1 Å². The fourth-order valence-corrected chi connectivity index (χ4v) is 4.13. The predicted molar refractivity (Wildman–Crippen MR) is 102 cm³/mol. The minimum atomic E-state index is 0.315. The van der Waals surface area contributed by atoms with E-state index in [0.717, 1.165) is 62.7 Å². The number of hydrogen-bond acceptors (Lipinski definition) is 3. The van der Waals surface area contributed by atoms with E-state index in [4.69, 9.17) is 11.6 Å². The third-order valence-corrected chi connectivity index (χ3v) is 5.63. The van der Waals surface area contributed by atoms with Crippen molar-refractivity contribution in [3.05, 3.63) is 52.8 Å². The van der Waals surface area contributed by atoms with E-state index in [2.05, 4.69) is 26.6 Å². The molecule has 0 saturated carbocycles. The second-order valence-corrected chi connectivity index (χ2v) is 7.39. The maximum atomic E-state index is 12.0. The first-order valence-corrected chi connectivity index (χ1v) is 9.52. The highest BCUT2D eigenvalue weighted by molar-refractivity contribution is 6.30. The molecule has 1 saturated heterocycles. The second-order valence-electron chi connectivity index (χ2n) is 6.95. The van der Waals surface area contributed by atoms with Crippen LogP contribution >= 0.6 is 11.6 Å². The van der Waals surface area contributed by atoms with Crippen LogP contribution in [-0.2, 0) is 13.0 Å². The normalized spacial score (nSPS) is 18.4. The third-order valence-electron chi connectivity index (χ3n) is 5.40. The van der Waals surface area contributed by atoms with Gasteiger partial charge in [0, 0.05) is 73.9 Å². The van der Waals surface area contributed by atoms with Crippen LogP contribution in [-0.4, -0.2) is 48.0 Å². The molecule has 1 aliphatic heterocycles. The van der Waals surface area contributed by atoms with Crippen molar-refractivity contribution < 1.29 is 4.79 Å². The molecule has 0 atom stereocenters. The molecule has 132 valence electrons. The lowest BCUT2D eigenvalue weighted by Gasteiger charge is -2.36. The number of benzene rings is 1. The molecular formula is C20H24ClN3O. The van der Waals surface area contributed by atoms with E-state index in [1.807, 2.05) is 24.3 Å². The van der Waals surface area contributed by atoms with Gasteiger partial charge in [0.15, 0.2) is 5.78 Å². The summed E-state index contributed by atoms with van der Waals surface area (Å²) in [6.45, 7) is 6.20. The Morgan fingerprint density at radius 1 is 1.00 bits per heavy atom. The van der Waals surface area contributed by atoms with E-state index in [0.29, 0.717) is 12.2 Å². The number of halogens is 1. The van der Waals surface area contributed by atoms with Gasteiger partial charge in [-0.2, -0.15) is 0 Å². The Morgan fingerprint density at radius 3 is 2.64 bits per heavy atom. The Bertz CT molecular complexity index is 762. The van der Waals surface area contributed by atoms with Crippen molar-refractivity contribution >= 4 is 23.1 Å². The number of aromatic nitrogens is 1. The molecule has 0 N–H and O–H groups in total. The van der Waals surface area contributed by atoms with Crippen molar-refractivity contribution in [2.45, 2.75) is 25.8 Å². The Balaban J connectivity index is 1.32. The van der Waals surface area contributed by atoms with Crippen molar-refractivity contribution in [3.8, 4) is 0 Å². The Morgan fingerprint density at radius 2 is 1.84 bits per heavy atom. The molecule has 2 heterocycles. The molecule has 0 spiro atoms. The van der Waals surface area contributed by atoms with E-state index in [-0.39, 0.29) is 0 Å². The van der Waals surface area contributed by atoms with Gasteiger partial charge in [0.05, 0.1) is 0 Å². The Kier molecular flexibility index (Phi) is 4.82. The van der Waals surface area contributed by atoms with Crippen LogP contribution in [0.3, 0.4) is 0 Å². The molecule has 2 aromatic rings. The lowest BCUT2D eigenvalue weighted by molar-refractivity contribution is 0.0971. The molecule has 1 aliphatic carbocycles. The maximum absolute atomic E-state index is 12.0. The van der Waals surface area contributed by atoms with Gasteiger partial charge in [-0.25, -0.2) is 0 Å². The van der Waals surface area contributed by atoms with E-state index < -0.39 is 0 Å². The number of Topliss-reactive ketones (excluding diaryl/α,β-unsaturated/α-hetero) is 1. The summed E-state index contributed by atoms with van der Waals surface area (Å²) in [7, 11) is 0. The number of hydrogen-bond donors (Lipinski definition) is 0. The van der Waals surface area contributed by atoms with Crippen molar-refractivity contribution in [1.29, 1.82) is 0 Å². The Hall–Kier alpha value is -1.78. The van der Waals surface area contributed by atoms with Crippen LogP contribution in [0.4, 0.5) is 5.69 Å². The van der Waals surface area contributed by atoms with Gasteiger partial charge < -0.3 is 9.47 Å². The fourth-order valence-electron chi connectivity index (χ4n) is 3.95. The van der Waals surface area contributed by atoms with E-state index in [1.165, 1.54) is 11.4 Å². The van der Waals surface area contributed by atoms with Crippen molar-refractivity contribution in [1.82, 2.24) is 9.47 Å². The average Bonchev–Trinajstić information content (AvgIpc) is 3.05. The SMILES string of the molecule is O=C1CCCc2c1ccn2CCN1CCN(c2cccc(Cl)c2)CC1. The summed E-state index contributed by atoms with van der Waals surface area (Å²) in [6.07, 6.45) is 4.84. The highest BCUT2D eigenvalue weighted by atomic mass is 35.5. The molecular weight excluding hydrogens is 334 g/mol. The molecule has 25 heavy (non-hydrogen) atoms. The van der Waals surface area contributed by atoms with Gasteiger partial charge >= 0.3 is 0 Å². The summed E-state index contributed by atoms with van der Waals surface area (Å²) >= 11 is 6.10. The molecule has 4 nitrogen and oxygen atoms in total. The van der Waals surface area contributed by atoms with Crippen LogP contribution < -0.4 is 4.90 Å². The summed E-state index contributed by atoms with van der Waals surface area (Å²) in [5.41, 5.74) is 3.41. The van der Waals surface area contributed by atoms with Gasteiger partial charge in [-0.1, -0.05) is 17.7 Å². The maximum Gasteiger partial charge on any atom is 0.164 e. The predicted octanol–water partition coefficient (Wildman–Crippen LogP) is 3.48. The summed E-state index contributed by atoms with van der Waals surface area (Å²) in [6, 6.07) is 10.1. The summed E-state index contributed by atoms with van der Waals surface area (Å²) < 4.78 is 2.29. The van der Waals surface area contributed by atoms with Gasteiger partial charge in [-0.3, -0.25) is 9.69 Å². The third kappa shape index (κ3) is 3.60. The van der Waals surface area contributed by atoms with Crippen LogP contribution in [0.25, 0.3) is 0 Å². The van der Waals surface area contributed by atoms with Gasteiger partial charge in [0.25, 0.3) is 0 Å². The molecule has 1 fully saturated rings. The number of piperazine rings is 1. The van der Waals surface area contributed by atoms with Crippen LogP contribution in [0.5, 0.6) is 0 Å². The smallest absolute Gasteiger partial charge is 0.164 e. The number of carbonyl (C=O) groups is 1. The molecule has 1 aromatic carbocycles. The van der Waals surface area contributed by atoms with Gasteiger partial charge in [0.1, 0.15) is 0 Å². The molecule has 1 aromatic heterocycles. The number of anilines is 1. The largest absolute Gasteiger partial charge is 0.369 e. The molecule has 0 bridgehead atoms. The fraction of sp³-hybridized carbons (Fsp3) is 0.450. The zero-order valence-electron chi connectivity index (χ0n) is 14.5. The minimum Gasteiger partial charge on any atom is -0.369 e. The highest BCUT2D eigenvalue weighted by Gasteiger charge is 2.21. The first-order chi connectivity index (χ1) is 12.2. The number of fused-ring (bicyclic) bond motifs is 1. The molecule has 2 aliphatic rings. The topological polar surface area (TPSA) is 28.5 Å². The highest BCUT2D eigenvalue weighted by Crippen LogP contribution is 2.23. The molecule has 0 amide bonds. The zero-order valence-corrected chi connectivity index (χ0v) is 15.2. The van der Waals surface area contributed by atoms with Gasteiger partial charge in [-0.15, -0.1) is 0 Å². The number of nitrogens with zero attached hydrogens (tertiary/aromatic N) is 3. The van der Waals surface area contributed by atoms with Crippen LogP contribution in [0.1, 0.15) is 28.9 Å². The first kappa shape index (κ1) is 16.7. The van der Waals surface area contributed by atoms with Crippen LogP contribution in [0, 0.1) is 0 Å². The standard InChI is InChI=1S/C20H24ClN3O/c21-16-3-1-4-17(15-16)23-12-9-22(10-13-23)11-14-24-8-7-18-19(24)5-2-6-20(18)25/h1,3-4,7-8,15H,2,5-6,9-14H2. The number of rotatable bonds is 4. The summed E-state index contributed by atoms with van der Waals surface area (Å²) in [4.78, 5) is 16.9. The first-order valence-electron chi connectivity index (χ1n) is 9.15. The quantitative estimate of drug-likeness (QED) is 0.838. The molecule has 5 heteroatoms. The van der Waals surface area contributed by atoms with Gasteiger partial charge in [0.2, 0.25) is 0 Å². The number of carbonyl (C=O) groups excluding carboxylic acids is 1. The van der Waals surface area contributed by atoms with E-state index >= 15 is 0 Å². The van der Waals surface area contributed by atoms with Crippen molar-refractivity contribution in [2.75, 3.05) is 37.6 Å². The lowest BCUT2D eigenvalue weighted by Crippen LogP contribution is -2.47. The summed E-state index contributed by atoms with van der Waals surface area (Å²) in [5, 5.41) is 0.798. The van der Waals surface area contributed by atoms with Crippen molar-refractivity contribution in [3.63, 3.8) is 0 Å². The van der Waals surface area contributed by atoms with E-state index in [1.54, 1.807) is 0 Å².